The third kappa shape index (κ3) is 7.40. The fraction of sp³-hybridized carbons (Fsp3) is 0.263. The van der Waals surface area contributed by atoms with E-state index in [9.17, 15) is 4.79 Å². The zero-order valence-electron chi connectivity index (χ0n) is 14.8. The minimum absolute atomic E-state index is 0. The lowest BCUT2D eigenvalue weighted by Crippen LogP contribution is -2.26. The van der Waals surface area contributed by atoms with Crippen LogP contribution in [0.3, 0.4) is 0 Å². The molecule has 0 fully saturated rings. The Labute approximate surface area is 171 Å². The summed E-state index contributed by atoms with van der Waals surface area (Å²) in [5, 5.41) is 5.94. The number of hydrogen-bond acceptors (Lipinski definition) is 3. The van der Waals surface area contributed by atoms with Crippen molar-refractivity contribution in [3.05, 3.63) is 65.7 Å². The number of rotatable bonds is 8. The van der Waals surface area contributed by atoms with Crippen molar-refractivity contribution < 1.29 is 9.53 Å². The Bertz CT molecular complexity index is 708. The van der Waals surface area contributed by atoms with Gasteiger partial charge in [0, 0.05) is 37.0 Å². The standard InChI is InChI=1S/C19H24N4O2.HI/c1-25-14-16-10-5-6-11-17(16)23-19(20)22-13-7-12-21-18(24)15-8-3-2-4-9-15;/h2-6,8-11H,7,12-14H2,1H3,(H,21,24)(H3,20,22,23);1H. The molecule has 0 spiro atoms. The van der Waals surface area contributed by atoms with Gasteiger partial charge in [0.15, 0.2) is 5.96 Å². The van der Waals surface area contributed by atoms with Gasteiger partial charge in [0.05, 0.1) is 6.61 Å². The number of benzene rings is 2. The fourth-order valence-corrected chi connectivity index (χ4v) is 2.27. The van der Waals surface area contributed by atoms with Crippen LogP contribution in [0.5, 0.6) is 0 Å². The van der Waals surface area contributed by atoms with Crippen LogP contribution in [0.1, 0.15) is 22.3 Å². The van der Waals surface area contributed by atoms with Crippen molar-refractivity contribution in [2.24, 2.45) is 10.7 Å². The van der Waals surface area contributed by atoms with E-state index in [1.165, 1.54) is 0 Å². The number of hydrogen-bond donors (Lipinski definition) is 3. The van der Waals surface area contributed by atoms with E-state index in [1.54, 1.807) is 19.2 Å². The first-order valence-corrected chi connectivity index (χ1v) is 8.17. The summed E-state index contributed by atoms with van der Waals surface area (Å²) in [6.45, 7) is 1.58. The number of ether oxygens (including phenoxy) is 1. The number of anilines is 1. The van der Waals surface area contributed by atoms with E-state index in [2.05, 4.69) is 15.6 Å². The molecule has 0 bridgehead atoms. The molecule has 140 valence electrons. The lowest BCUT2D eigenvalue weighted by molar-refractivity contribution is 0.0953. The molecule has 0 atom stereocenters. The molecule has 2 rings (SSSR count). The molecule has 4 N–H and O–H groups in total. The summed E-state index contributed by atoms with van der Waals surface area (Å²) in [5.74, 6) is 0.266. The second-order valence-corrected chi connectivity index (χ2v) is 5.46. The third-order valence-electron chi connectivity index (χ3n) is 3.52. The Morgan fingerprint density at radius 3 is 2.54 bits per heavy atom. The summed E-state index contributed by atoms with van der Waals surface area (Å²) < 4.78 is 5.16. The van der Waals surface area contributed by atoms with Crippen molar-refractivity contribution in [2.75, 3.05) is 25.5 Å². The number of guanidine groups is 1. The van der Waals surface area contributed by atoms with Gasteiger partial charge in [-0.1, -0.05) is 36.4 Å². The van der Waals surface area contributed by atoms with Crippen molar-refractivity contribution in [3.63, 3.8) is 0 Å². The van der Waals surface area contributed by atoms with Crippen LogP contribution in [0.15, 0.2) is 59.6 Å². The number of nitrogens with one attached hydrogen (secondary N) is 2. The van der Waals surface area contributed by atoms with Gasteiger partial charge in [-0.3, -0.25) is 9.79 Å². The summed E-state index contributed by atoms with van der Waals surface area (Å²) in [4.78, 5) is 16.2. The monoisotopic (exact) mass is 468 g/mol. The van der Waals surface area contributed by atoms with Crippen LogP contribution in [0.25, 0.3) is 0 Å². The largest absolute Gasteiger partial charge is 0.380 e. The highest BCUT2D eigenvalue weighted by Gasteiger charge is 2.03. The molecule has 0 saturated heterocycles. The molecule has 2 aromatic rings. The molecule has 0 aliphatic rings. The average Bonchev–Trinajstić information content (AvgIpc) is 2.64. The average molecular weight is 468 g/mol. The van der Waals surface area contributed by atoms with E-state index in [0.29, 0.717) is 37.6 Å². The summed E-state index contributed by atoms with van der Waals surface area (Å²) in [6, 6.07) is 16.9. The highest BCUT2D eigenvalue weighted by molar-refractivity contribution is 14.0. The molecule has 0 unspecified atom stereocenters. The zero-order valence-corrected chi connectivity index (χ0v) is 17.1. The first-order valence-electron chi connectivity index (χ1n) is 8.17. The molecule has 26 heavy (non-hydrogen) atoms. The first kappa shape index (κ1) is 21.9. The minimum Gasteiger partial charge on any atom is -0.380 e. The van der Waals surface area contributed by atoms with Gasteiger partial charge < -0.3 is 21.1 Å². The predicted octanol–water partition coefficient (Wildman–Crippen LogP) is 3.00. The quantitative estimate of drug-likeness (QED) is 0.241. The lowest BCUT2D eigenvalue weighted by atomic mass is 10.2. The van der Waals surface area contributed by atoms with E-state index in [-0.39, 0.29) is 29.9 Å². The van der Waals surface area contributed by atoms with Gasteiger partial charge in [-0.2, -0.15) is 0 Å². The van der Waals surface area contributed by atoms with Crippen LogP contribution in [-0.4, -0.2) is 32.1 Å². The topological polar surface area (TPSA) is 88.7 Å². The van der Waals surface area contributed by atoms with Crippen molar-refractivity contribution in [3.8, 4) is 0 Å². The van der Waals surface area contributed by atoms with Gasteiger partial charge in [-0.15, -0.1) is 24.0 Å². The molecular weight excluding hydrogens is 443 g/mol. The van der Waals surface area contributed by atoms with Gasteiger partial charge >= 0.3 is 0 Å². The highest BCUT2D eigenvalue weighted by atomic mass is 127. The molecular formula is C19H25IN4O2. The van der Waals surface area contributed by atoms with Crippen LogP contribution in [-0.2, 0) is 11.3 Å². The Kier molecular flexibility index (Phi) is 10.3. The molecule has 0 saturated carbocycles. The number of halogens is 1. The number of aliphatic imine (C=N–C) groups is 1. The summed E-state index contributed by atoms with van der Waals surface area (Å²) >= 11 is 0. The number of nitrogens with two attached hydrogens (primary N) is 1. The minimum atomic E-state index is -0.0795. The molecule has 0 aliphatic carbocycles. The molecule has 0 aromatic heterocycles. The number of amides is 1. The summed E-state index contributed by atoms with van der Waals surface area (Å²) in [6.07, 6.45) is 0.709. The van der Waals surface area contributed by atoms with Gasteiger partial charge in [0.25, 0.3) is 5.91 Å². The van der Waals surface area contributed by atoms with Crippen molar-refractivity contribution in [1.29, 1.82) is 0 Å². The molecule has 1 amide bonds. The van der Waals surface area contributed by atoms with Crippen LogP contribution < -0.4 is 16.4 Å². The van der Waals surface area contributed by atoms with Crippen molar-refractivity contribution in [1.82, 2.24) is 5.32 Å². The second-order valence-electron chi connectivity index (χ2n) is 5.46. The highest BCUT2D eigenvalue weighted by Crippen LogP contribution is 2.15. The molecule has 0 radical (unpaired) electrons. The zero-order chi connectivity index (χ0) is 17.9. The predicted molar refractivity (Wildman–Crippen MR) is 116 cm³/mol. The molecule has 6 nitrogen and oxygen atoms in total. The Morgan fingerprint density at radius 2 is 1.81 bits per heavy atom. The molecule has 0 aliphatic heterocycles. The maximum absolute atomic E-state index is 11.9. The first-order chi connectivity index (χ1) is 12.2. The molecule has 7 heteroatoms. The normalized spacial score (nSPS) is 10.7. The SMILES string of the molecule is COCc1ccccc1NC(N)=NCCCNC(=O)c1ccccc1.I. The molecule has 0 heterocycles. The van der Waals surface area contributed by atoms with Crippen LogP contribution in [0, 0.1) is 0 Å². The third-order valence-corrected chi connectivity index (χ3v) is 3.52. The second kappa shape index (κ2) is 12.3. The number of carbonyl (C=O) groups is 1. The van der Waals surface area contributed by atoms with Crippen molar-refractivity contribution in [2.45, 2.75) is 13.0 Å². The number of para-hydroxylation sites is 1. The lowest BCUT2D eigenvalue weighted by Gasteiger charge is -2.11. The Hall–Kier alpha value is -2.13. The number of methoxy groups -OCH3 is 1. The van der Waals surface area contributed by atoms with Crippen LogP contribution in [0.2, 0.25) is 0 Å². The fourth-order valence-electron chi connectivity index (χ4n) is 2.27. The van der Waals surface area contributed by atoms with Crippen LogP contribution in [0.4, 0.5) is 5.69 Å². The van der Waals surface area contributed by atoms with E-state index >= 15 is 0 Å². The smallest absolute Gasteiger partial charge is 0.251 e. The van der Waals surface area contributed by atoms with Gasteiger partial charge in [-0.05, 0) is 24.6 Å². The Balaban J connectivity index is 0.00000338. The number of carbonyl (C=O) groups excluding carboxylic acids is 1. The van der Waals surface area contributed by atoms with Gasteiger partial charge in [-0.25, -0.2) is 0 Å². The van der Waals surface area contributed by atoms with Crippen LogP contribution >= 0.6 is 24.0 Å². The van der Waals surface area contributed by atoms with E-state index in [1.807, 2.05) is 42.5 Å². The van der Waals surface area contributed by atoms with Gasteiger partial charge in [0.1, 0.15) is 0 Å². The van der Waals surface area contributed by atoms with Gasteiger partial charge in [0.2, 0.25) is 0 Å². The number of nitrogens with zero attached hydrogens (tertiary/aromatic N) is 1. The summed E-state index contributed by atoms with van der Waals surface area (Å²) in [5.41, 5.74) is 8.46. The van der Waals surface area contributed by atoms with E-state index in [0.717, 1.165) is 11.3 Å². The Morgan fingerprint density at radius 1 is 1.12 bits per heavy atom. The van der Waals surface area contributed by atoms with E-state index < -0.39 is 0 Å². The van der Waals surface area contributed by atoms with E-state index in [4.69, 9.17) is 10.5 Å². The maximum atomic E-state index is 11.9. The molecule has 2 aromatic carbocycles. The summed E-state index contributed by atoms with van der Waals surface area (Å²) in [7, 11) is 1.65. The maximum Gasteiger partial charge on any atom is 0.251 e. The van der Waals surface area contributed by atoms with Crippen molar-refractivity contribution >= 4 is 41.5 Å².